The van der Waals surface area contributed by atoms with Crippen LogP contribution in [-0.4, -0.2) is 16.8 Å². The van der Waals surface area contributed by atoms with Crippen LogP contribution in [0, 0.1) is 0 Å². The van der Waals surface area contributed by atoms with E-state index in [1.165, 1.54) is 11.1 Å². The van der Waals surface area contributed by atoms with Gasteiger partial charge in [0.1, 0.15) is 0 Å². The Labute approximate surface area is 154 Å². The number of hydrogen-bond acceptors (Lipinski definition) is 2. The second-order valence-corrected chi connectivity index (χ2v) is 6.91. The van der Waals surface area contributed by atoms with Gasteiger partial charge in [-0.1, -0.05) is 68.4 Å². The Morgan fingerprint density at radius 1 is 0.885 bits per heavy atom. The molecule has 0 unspecified atom stereocenters. The first-order valence-corrected chi connectivity index (χ1v) is 9.12. The number of aromatic amines is 2. The summed E-state index contributed by atoms with van der Waals surface area (Å²) in [5, 5.41) is 5.70. The minimum atomic E-state index is -0.0212. The Balaban J connectivity index is 1.52. The van der Waals surface area contributed by atoms with Gasteiger partial charge in [-0.25, -0.2) is 0 Å². The summed E-state index contributed by atoms with van der Waals surface area (Å²) in [5.41, 5.74) is 5.39. The third kappa shape index (κ3) is 4.73. The zero-order valence-electron chi connectivity index (χ0n) is 15.4. The van der Waals surface area contributed by atoms with E-state index in [1.54, 1.807) is 0 Å². The predicted molar refractivity (Wildman–Crippen MR) is 105 cm³/mol. The average Bonchev–Trinajstić information content (AvgIpc) is 3.02. The monoisotopic (exact) mass is 350 g/mol. The van der Waals surface area contributed by atoms with Crippen molar-refractivity contribution in [3.05, 3.63) is 92.9 Å². The van der Waals surface area contributed by atoms with Gasteiger partial charge < -0.3 is 9.84 Å². The van der Waals surface area contributed by atoms with Crippen LogP contribution in [0.3, 0.4) is 0 Å². The fourth-order valence-corrected chi connectivity index (χ4v) is 3.05. The maximum Gasteiger partial charge on any atom is 0.267 e. The molecule has 4 nitrogen and oxygen atoms in total. The molecule has 0 atom stereocenters. The molecule has 2 N–H and O–H groups in total. The second kappa shape index (κ2) is 8.68. The summed E-state index contributed by atoms with van der Waals surface area (Å²) in [7, 11) is 0. The third-order valence-electron chi connectivity index (χ3n) is 4.54. The summed E-state index contributed by atoms with van der Waals surface area (Å²) in [5.74, 6) is 0.296. The lowest BCUT2D eigenvalue weighted by Crippen LogP contribution is -2.08. The van der Waals surface area contributed by atoms with E-state index in [4.69, 9.17) is 4.74 Å². The molecule has 0 amide bonds. The molecule has 2 aromatic carbocycles. The summed E-state index contributed by atoms with van der Waals surface area (Å²) >= 11 is 0. The number of benzene rings is 2. The Kier molecular flexibility index (Phi) is 6.08. The van der Waals surface area contributed by atoms with Crippen LogP contribution < -0.4 is 5.56 Å². The standard InChI is InChI=1S/C22H26N2O2/c1-16(2)21-20(22(25)24-23-21)14-18-10-8-17(9-11-18)12-13-26-15-19-6-4-3-5-7-19/h3-11,16H,12-15H2,1-2H3,(H2,23,24,25). The van der Waals surface area contributed by atoms with Gasteiger partial charge in [0.2, 0.25) is 0 Å². The van der Waals surface area contributed by atoms with Crippen molar-refractivity contribution in [2.24, 2.45) is 0 Å². The highest BCUT2D eigenvalue weighted by atomic mass is 16.5. The van der Waals surface area contributed by atoms with Crippen LogP contribution in [0.25, 0.3) is 0 Å². The molecule has 0 saturated carbocycles. The summed E-state index contributed by atoms with van der Waals surface area (Å²) in [6, 6.07) is 18.7. The third-order valence-corrected chi connectivity index (χ3v) is 4.54. The molecule has 1 aromatic heterocycles. The normalized spacial score (nSPS) is 11.2. The SMILES string of the molecule is CC(C)c1[nH][nH]c(=O)c1Cc1ccc(CCOCc2ccccc2)cc1. The van der Waals surface area contributed by atoms with Crippen molar-refractivity contribution in [1.29, 1.82) is 0 Å². The van der Waals surface area contributed by atoms with Gasteiger partial charge in [-0.15, -0.1) is 0 Å². The number of nitrogens with one attached hydrogen (secondary N) is 2. The van der Waals surface area contributed by atoms with E-state index < -0.39 is 0 Å². The Morgan fingerprint density at radius 2 is 1.58 bits per heavy atom. The predicted octanol–water partition coefficient (Wildman–Crippen LogP) is 4.18. The number of aromatic nitrogens is 2. The van der Waals surface area contributed by atoms with Crippen LogP contribution in [0.2, 0.25) is 0 Å². The highest BCUT2D eigenvalue weighted by Crippen LogP contribution is 2.17. The first-order chi connectivity index (χ1) is 12.6. The van der Waals surface area contributed by atoms with Gasteiger partial charge in [0.05, 0.1) is 13.2 Å². The lowest BCUT2D eigenvalue weighted by Gasteiger charge is -2.07. The molecule has 136 valence electrons. The first-order valence-electron chi connectivity index (χ1n) is 9.12. The van der Waals surface area contributed by atoms with Gasteiger partial charge in [0.25, 0.3) is 5.56 Å². The summed E-state index contributed by atoms with van der Waals surface area (Å²) in [4.78, 5) is 12.0. The molecule has 3 aromatic rings. The molecule has 1 heterocycles. The summed E-state index contributed by atoms with van der Waals surface area (Å²) in [6.07, 6.45) is 1.53. The van der Waals surface area contributed by atoms with E-state index in [2.05, 4.69) is 60.4 Å². The maximum absolute atomic E-state index is 12.0. The highest BCUT2D eigenvalue weighted by molar-refractivity contribution is 5.30. The van der Waals surface area contributed by atoms with Crippen molar-refractivity contribution in [2.75, 3.05) is 6.61 Å². The van der Waals surface area contributed by atoms with E-state index in [-0.39, 0.29) is 5.56 Å². The van der Waals surface area contributed by atoms with Crippen LogP contribution in [0.4, 0.5) is 0 Å². The Hall–Kier alpha value is -2.59. The molecule has 0 aliphatic carbocycles. The first kappa shape index (κ1) is 18.2. The quantitative estimate of drug-likeness (QED) is 0.599. The molecule has 0 aliphatic heterocycles. The molecule has 4 heteroatoms. The second-order valence-electron chi connectivity index (χ2n) is 6.91. The molecule has 0 bridgehead atoms. The van der Waals surface area contributed by atoms with Gasteiger partial charge in [0, 0.05) is 17.7 Å². The van der Waals surface area contributed by atoms with Crippen molar-refractivity contribution in [1.82, 2.24) is 10.2 Å². The van der Waals surface area contributed by atoms with Crippen LogP contribution >= 0.6 is 0 Å². The van der Waals surface area contributed by atoms with Crippen LogP contribution in [0.1, 0.15) is 47.7 Å². The van der Waals surface area contributed by atoms with E-state index in [9.17, 15) is 4.79 Å². The summed E-state index contributed by atoms with van der Waals surface area (Å²) < 4.78 is 5.75. The van der Waals surface area contributed by atoms with Gasteiger partial charge in [-0.05, 0) is 29.0 Å². The van der Waals surface area contributed by atoms with E-state index >= 15 is 0 Å². The van der Waals surface area contributed by atoms with E-state index in [0.717, 1.165) is 23.2 Å². The van der Waals surface area contributed by atoms with Crippen LogP contribution in [0.15, 0.2) is 59.4 Å². The molecule has 3 rings (SSSR count). The Bertz CT molecular complexity index is 861. The molecule has 0 fully saturated rings. The largest absolute Gasteiger partial charge is 0.376 e. The summed E-state index contributed by atoms with van der Waals surface area (Å²) in [6.45, 7) is 5.51. The van der Waals surface area contributed by atoms with Gasteiger partial charge in [-0.2, -0.15) is 0 Å². The average molecular weight is 350 g/mol. The molecule has 0 radical (unpaired) electrons. The highest BCUT2D eigenvalue weighted by Gasteiger charge is 2.13. The minimum Gasteiger partial charge on any atom is -0.376 e. The van der Waals surface area contributed by atoms with Gasteiger partial charge in [0.15, 0.2) is 0 Å². The minimum absolute atomic E-state index is 0.0212. The van der Waals surface area contributed by atoms with Crippen molar-refractivity contribution in [3.63, 3.8) is 0 Å². The molecule has 0 aliphatic rings. The maximum atomic E-state index is 12.0. The Morgan fingerprint density at radius 3 is 2.27 bits per heavy atom. The van der Waals surface area contributed by atoms with Crippen molar-refractivity contribution in [2.45, 2.75) is 39.2 Å². The fraction of sp³-hybridized carbons (Fsp3) is 0.318. The van der Waals surface area contributed by atoms with Crippen molar-refractivity contribution >= 4 is 0 Å². The number of rotatable bonds is 8. The van der Waals surface area contributed by atoms with Gasteiger partial charge >= 0.3 is 0 Å². The number of ether oxygens (including phenoxy) is 1. The number of hydrogen-bond donors (Lipinski definition) is 2. The molecule has 0 saturated heterocycles. The zero-order valence-corrected chi connectivity index (χ0v) is 15.4. The zero-order chi connectivity index (χ0) is 18.4. The van der Waals surface area contributed by atoms with E-state index in [1.807, 2.05) is 18.2 Å². The lowest BCUT2D eigenvalue weighted by atomic mass is 9.99. The van der Waals surface area contributed by atoms with Crippen molar-refractivity contribution in [3.8, 4) is 0 Å². The topological polar surface area (TPSA) is 57.9 Å². The fourth-order valence-electron chi connectivity index (χ4n) is 3.05. The van der Waals surface area contributed by atoms with E-state index in [0.29, 0.717) is 25.6 Å². The van der Waals surface area contributed by atoms with Crippen molar-refractivity contribution < 1.29 is 4.74 Å². The molecule has 26 heavy (non-hydrogen) atoms. The molecular weight excluding hydrogens is 324 g/mol. The number of H-pyrrole nitrogens is 2. The lowest BCUT2D eigenvalue weighted by molar-refractivity contribution is 0.124. The molecule has 0 spiro atoms. The molecular formula is C22H26N2O2. The smallest absolute Gasteiger partial charge is 0.267 e. The van der Waals surface area contributed by atoms with Crippen LogP contribution in [0.5, 0.6) is 0 Å². The van der Waals surface area contributed by atoms with Crippen LogP contribution in [-0.2, 0) is 24.2 Å². The van der Waals surface area contributed by atoms with Gasteiger partial charge in [-0.3, -0.25) is 9.89 Å².